The fourth-order valence-corrected chi connectivity index (χ4v) is 4.84. The van der Waals surface area contributed by atoms with E-state index >= 15 is 0 Å². The van der Waals surface area contributed by atoms with Crippen molar-refractivity contribution in [3.63, 3.8) is 0 Å². The smallest absolute Gasteiger partial charge is 0.331 e. The first kappa shape index (κ1) is 24.8. The average Bonchev–Trinajstić information content (AvgIpc) is 3.10. The normalized spacial score (nSPS) is 41.8. The largest absolute Gasteiger partial charge is 0.472 e. The van der Waals surface area contributed by atoms with Crippen LogP contribution in [0.2, 0.25) is 0 Å². The number of esters is 1. The predicted molar refractivity (Wildman–Crippen MR) is 117 cm³/mol. The van der Waals surface area contributed by atoms with E-state index in [-0.39, 0.29) is 6.42 Å². The van der Waals surface area contributed by atoms with Gasteiger partial charge in [0.1, 0.15) is 30.0 Å². The summed E-state index contributed by atoms with van der Waals surface area (Å²) in [5.74, 6) is -1.51. The van der Waals surface area contributed by atoms with Gasteiger partial charge in [0.25, 0.3) is 0 Å². The van der Waals surface area contributed by atoms with Crippen molar-refractivity contribution in [2.24, 2.45) is 5.92 Å². The summed E-state index contributed by atoms with van der Waals surface area (Å²) in [6, 6.07) is 9.22. The van der Waals surface area contributed by atoms with Crippen molar-refractivity contribution < 1.29 is 49.3 Å². The Morgan fingerprint density at radius 3 is 2.56 bits per heavy atom. The third-order valence-corrected chi connectivity index (χ3v) is 6.72. The highest BCUT2D eigenvalue weighted by molar-refractivity contribution is 5.87. The summed E-state index contributed by atoms with van der Waals surface area (Å²) in [6.45, 7) is 1.04. The van der Waals surface area contributed by atoms with E-state index in [1.165, 1.54) is 18.4 Å². The van der Waals surface area contributed by atoms with Crippen molar-refractivity contribution in [3.05, 3.63) is 54.3 Å². The third kappa shape index (κ3) is 4.76. The van der Waals surface area contributed by atoms with Crippen LogP contribution >= 0.6 is 0 Å². The van der Waals surface area contributed by atoms with Crippen LogP contribution in [0.3, 0.4) is 0 Å². The molecule has 1 saturated carbocycles. The van der Waals surface area contributed by atoms with Gasteiger partial charge < -0.3 is 44.5 Å². The molecule has 34 heavy (non-hydrogen) atoms. The Morgan fingerprint density at radius 1 is 1.12 bits per heavy atom. The predicted octanol–water partition coefficient (Wildman–Crippen LogP) is -0.171. The van der Waals surface area contributed by atoms with Gasteiger partial charge in [-0.1, -0.05) is 30.3 Å². The first-order valence-corrected chi connectivity index (χ1v) is 11.1. The topological polar surface area (TPSA) is 155 Å². The van der Waals surface area contributed by atoms with Gasteiger partial charge in [-0.05, 0) is 37.5 Å². The van der Waals surface area contributed by atoms with Crippen LogP contribution < -0.4 is 0 Å². The van der Waals surface area contributed by atoms with Gasteiger partial charge in [-0.2, -0.15) is 0 Å². The molecule has 0 radical (unpaired) electrons. The van der Waals surface area contributed by atoms with E-state index in [1.807, 2.05) is 30.3 Å². The second-order valence-electron chi connectivity index (χ2n) is 9.09. The highest BCUT2D eigenvalue weighted by Crippen LogP contribution is 2.51. The number of hydrogen-bond acceptors (Lipinski definition) is 10. The van der Waals surface area contributed by atoms with Gasteiger partial charge in [0.2, 0.25) is 6.29 Å². The third-order valence-electron chi connectivity index (χ3n) is 6.72. The summed E-state index contributed by atoms with van der Waals surface area (Å²) in [4.78, 5) is 12.6. The van der Waals surface area contributed by atoms with Crippen LogP contribution in [0.15, 0.2) is 48.7 Å². The average molecular weight is 478 g/mol. The number of carbonyl (C=O) groups is 1. The van der Waals surface area contributed by atoms with Crippen molar-refractivity contribution in [2.75, 3.05) is 6.61 Å². The van der Waals surface area contributed by atoms with Crippen LogP contribution in [0.5, 0.6) is 0 Å². The SMILES string of the molecule is C[C@]1(OC(=O)/C=C/c2ccccc2)CC[C@]2(O)C=CO[C@@H](O[C@@H]3O[C@H](CO)[C@@H](O)[C@H](O)[C@H]3O)[C@@H]21. The summed E-state index contributed by atoms with van der Waals surface area (Å²) in [5.41, 5.74) is -1.80. The molecular weight excluding hydrogens is 448 g/mol. The van der Waals surface area contributed by atoms with Gasteiger partial charge in [0.15, 0.2) is 6.29 Å². The lowest BCUT2D eigenvalue weighted by Gasteiger charge is -2.45. The first-order valence-electron chi connectivity index (χ1n) is 11.1. The minimum Gasteiger partial charge on any atom is -0.472 e. The van der Waals surface area contributed by atoms with E-state index in [0.29, 0.717) is 6.42 Å². The summed E-state index contributed by atoms with van der Waals surface area (Å²) in [6.07, 6.45) is -2.50. The number of hydrogen-bond donors (Lipinski definition) is 5. The Hall–Kier alpha value is -2.31. The molecule has 2 heterocycles. The molecular formula is C24H30O10. The maximum absolute atomic E-state index is 12.6. The van der Waals surface area contributed by atoms with E-state index in [2.05, 4.69) is 0 Å². The fourth-order valence-electron chi connectivity index (χ4n) is 4.84. The maximum Gasteiger partial charge on any atom is 0.331 e. The zero-order valence-electron chi connectivity index (χ0n) is 18.6. The van der Waals surface area contributed by atoms with Crippen LogP contribution in [0.4, 0.5) is 0 Å². The standard InChI is InChI=1S/C24H30O10/c1-23(34-16(26)8-7-14-5-3-2-4-6-14)9-10-24(30)11-12-31-22(20(23)24)33-21-19(29)18(28)17(27)15(13-25)32-21/h2-8,11-12,15,17-22,25,27-30H,9-10,13H2,1H3/b8-7+/t15-,17-,18+,19-,20-,21+,22+,23+,24+/m1/s1. The number of aliphatic hydroxyl groups excluding tert-OH is 4. The van der Waals surface area contributed by atoms with E-state index in [4.69, 9.17) is 18.9 Å². The minimum absolute atomic E-state index is 0.262. The molecule has 0 unspecified atom stereocenters. The Bertz CT molecular complexity index is 918. The quantitative estimate of drug-likeness (QED) is 0.275. The molecule has 4 rings (SSSR count). The van der Waals surface area contributed by atoms with Crippen molar-refractivity contribution in [1.29, 1.82) is 0 Å². The number of fused-ring (bicyclic) bond motifs is 1. The first-order chi connectivity index (χ1) is 16.2. The summed E-state index contributed by atoms with van der Waals surface area (Å²) >= 11 is 0. The minimum atomic E-state index is -1.65. The number of aliphatic hydroxyl groups is 5. The number of rotatable bonds is 6. The molecule has 10 nitrogen and oxygen atoms in total. The van der Waals surface area contributed by atoms with Gasteiger partial charge >= 0.3 is 5.97 Å². The molecule has 0 aromatic heterocycles. The second-order valence-corrected chi connectivity index (χ2v) is 9.09. The molecule has 5 N–H and O–H groups in total. The summed E-state index contributed by atoms with van der Waals surface area (Å²) in [7, 11) is 0. The molecule has 1 aliphatic carbocycles. The lowest BCUT2D eigenvalue weighted by molar-refractivity contribution is -0.350. The Labute approximate surface area is 196 Å². The molecule has 1 aromatic rings. The molecule has 2 aliphatic heterocycles. The van der Waals surface area contributed by atoms with Gasteiger partial charge in [-0.25, -0.2) is 4.79 Å². The number of benzene rings is 1. The van der Waals surface area contributed by atoms with Gasteiger partial charge in [-0.3, -0.25) is 0 Å². The van der Waals surface area contributed by atoms with Crippen molar-refractivity contribution in [2.45, 2.75) is 68.0 Å². The lowest BCUT2D eigenvalue weighted by atomic mass is 9.81. The molecule has 10 heteroatoms. The molecule has 0 spiro atoms. The number of carbonyl (C=O) groups excluding carboxylic acids is 1. The molecule has 3 aliphatic rings. The summed E-state index contributed by atoms with van der Waals surface area (Å²) in [5, 5.41) is 51.0. The Balaban J connectivity index is 1.51. The molecule has 1 saturated heterocycles. The summed E-state index contributed by atoms with van der Waals surface area (Å²) < 4.78 is 22.5. The zero-order valence-corrected chi connectivity index (χ0v) is 18.6. The highest BCUT2D eigenvalue weighted by Gasteiger charge is 2.62. The molecule has 2 fully saturated rings. The van der Waals surface area contributed by atoms with E-state index in [0.717, 1.165) is 5.56 Å². The van der Waals surface area contributed by atoms with Crippen molar-refractivity contribution in [3.8, 4) is 0 Å². The zero-order chi connectivity index (χ0) is 24.5. The second kappa shape index (κ2) is 9.74. The molecule has 0 bridgehead atoms. The number of ether oxygens (including phenoxy) is 4. The van der Waals surface area contributed by atoms with Crippen LogP contribution in [0.1, 0.15) is 25.3 Å². The monoisotopic (exact) mass is 478 g/mol. The van der Waals surface area contributed by atoms with E-state index in [1.54, 1.807) is 13.0 Å². The van der Waals surface area contributed by atoms with Crippen molar-refractivity contribution in [1.82, 2.24) is 0 Å². The van der Waals surface area contributed by atoms with Crippen LogP contribution in [0, 0.1) is 5.92 Å². The van der Waals surface area contributed by atoms with Gasteiger partial charge in [-0.15, -0.1) is 0 Å². The lowest BCUT2D eigenvalue weighted by Crippen LogP contribution is -2.61. The van der Waals surface area contributed by atoms with Crippen molar-refractivity contribution >= 4 is 12.0 Å². The van der Waals surface area contributed by atoms with Gasteiger partial charge in [0, 0.05) is 6.08 Å². The maximum atomic E-state index is 12.6. The van der Waals surface area contributed by atoms with E-state index < -0.39 is 66.7 Å². The molecule has 0 amide bonds. The molecule has 186 valence electrons. The highest BCUT2D eigenvalue weighted by atomic mass is 16.8. The Morgan fingerprint density at radius 2 is 1.85 bits per heavy atom. The molecule has 1 aromatic carbocycles. The van der Waals surface area contributed by atoms with Crippen LogP contribution in [0.25, 0.3) is 6.08 Å². The fraction of sp³-hybridized carbons (Fsp3) is 0.542. The van der Waals surface area contributed by atoms with Crippen LogP contribution in [-0.4, -0.2) is 86.3 Å². The van der Waals surface area contributed by atoms with Crippen LogP contribution in [-0.2, 0) is 23.7 Å². The van der Waals surface area contributed by atoms with E-state index in [9.17, 15) is 30.3 Å². The Kier molecular flexibility index (Phi) is 7.11. The van der Waals surface area contributed by atoms with Gasteiger partial charge in [0.05, 0.1) is 24.4 Å². The molecule has 9 atom stereocenters.